The fraction of sp³-hybridized carbons (Fsp3) is 0.458. The topological polar surface area (TPSA) is 76.1 Å². The SMILES string of the molecule is COc1cc(C)c(S(=O)(=O)N(C)CCOCC(=O)Cc2ccc(CN(C)C)cc2)c(C)c1. The van der Waals surface area contributed by atoms with Crippen molar-refractivity contribution in [3.63, 3.8) is 0 Å². The second-order valence-corrected chi connectivity index (χ2v) is 10.2. The van der Waals surface area contributed by atoms with Crippen LogP contribution >= 0.6 is 0 Å². The van der Waals surface area contributed by atoms with Crippen molar-refractivity contribution in [2.45, 2.75) is 31.7 Å². The van der Waals surface area contributed by atoms with Crippen LogP contribution in [0.3, 0.4) is 0 Å². The lowest BCUT2D eigenvalue weighted by molar-refractivity contribution is -0.122. The molecule has 0 fully saturated rings. The van der Waals surface area contributed by atoms with Crippen LogP contribution in [0, 0.1) is 13.8 Å². The van der Waals surface area contributed by atoms with Gasteiger partial charge in [0.25, 0.3) is 0 Å². The minimum Gasteiger partial charge on any atom is -0.497 e. The van der Waals surface area contributed by atoms with Crippen molar-refractivity contribution in [1.29, 1.82) is 0 Å². The Hall–Kier alpha value is -2.26. The third kappa shape index (κ3) is 7.13. The Balaban J connectivity index is 1.85. The number of carbonyl (C=O) groups excluding carboxylic acids is 1. The van der Waals surface area contributed by atoms with Crippen molar-refractivity contribution in [3.8, 4) is 5.75 Å². The lowest BCUT2D eigenvalue weighted by Crippen LogP contribution is -2.31. The molecule has 7 nitrogen and oxygen atoms in total. The van der Waals surface area contributed by atoms with Gasteiger partial charge in [-0.25, -0.2) is 8.42 Å². The Kier molecular flexibility index (Phi) is 9.39. The lowest BCUT2D eigenvalue weighted by Gasteiger charge is -2.20. The van der Waals surface area contributed by atoms with Crippen molar-refractivity contribution in [1.82, 2.24) is 9.21 Å². The molecule has 32 heavy (non-hydrogen) atoms. The minimum atomic E-state index is -3.68. The number of ether oxygens (including phenoxy) is 2. The highest BCUT2D eigenvalue weighted by atomic mass is 32.2. The van der Waals surface area contributed by atoms with E-state index >= 15 is 0 Å². The highest BCUT2D eigenvalue weighted by Crippen LogP contribution is 2.27. The third-order valence-corrected chi connectivity index (χ3v) is 7.24. The largest absolute Gasteiger partial charge is 0.497 e. The molecule has 0 saturated heterocycles. The first kappa shape index (κ1) is 26.0. The van der Waals surface area contributed by atoms with E-state index in [1.165, 1.54) is 16.9 Å². The molecule has 0 aromatic heterocycles. The average Bonchev–Trinajstić information content (AvgIpc) is 2.71. The number of aryl methyl sites for hydroxylation is 2. The maximum Gasteiger partial charge on any atom is 0.243 e. The van der Waals surface area contributed by atoms with Gasteiger partial charge >= 0.3 is 0 Å². The first-order valence-electron chi connectivity index (χ1n) is 10.5. The van der Waals surface area contributed by atoms with Crippen LogP contribution in [0.15, 0.2) is 41.3 Å². The molecular weight excluding hydrogens is 428 g/mol. The van der Waals surface area contributed by atoms with E-state index in [2.05, 4.69) is 4.90 Å². The minimum absolute atomic E-state index is 0.0438. The zero-order chi connectivity index (χ0) is 23.9. The van der Waals surface area contributed by atoms with Gasteiger partial charge in [0.2, 0.25) is 10.0 Å². The molecule has 0 bridgehead atoms. The molecule has 0 aliphatic rings. The molecule has 0 unspecified atom stereocenters. The summed E-state index contributed by atoms with van der Waals surface area (Å²) in [5.41, 5.74) is 3.38. The standard InChI is InChI=1S/C24H34N2O5S/c1-18-13-23(30-6)14-19(2)24(18)32(28,29)26(5)11-12-31-17-22(27)15-20-7-9-21(10-8-20)16-25(3)4/h7-10,13-14H,11-12,15-17H2,1-6H3. The summed E-state index contributed by atoms with van der Waals surface area (Å²) in [6.45, 7) is 4.59. The lowest BCUT2D eigenvalue weighted by atomic mass is 10.1. The Morgan fingerprint density at radius 2 is 1.53 bits per heavy atom. The van der Waals surface area contributed by atoms with E-state index in [1.807, 2.05) is 38.4 Å². The van der Waals surface area contributed by atoms with E-state index in [1.54, 1.807) is 33.1 Å². The molecule has 2 rings (SSSR count). The van der Waals surface area contributed by atoms with Crippen molar-refractivity contribution >= 4 is 15.8 Å². The summed E-state index contributed by atoms with van der Waals surface area (Å²) >= 11 is 0. The van der Waals surface area contributed by atoms with Gasteiger partial charge in [-0.05, 0) is 62.3 Å². The van der Waals surface area contributed by atoms with E-state index < -0.39 is 10.0 Å². The molecule has 2 aromatic carbocycles. The highest BCUT2D eigenvalue weighted by molar-refractivity contribution is 7.89. The van der Waals surface area contributed by atoms with Crippen LogP contribution in [0.25, 0.3) is 0 Å². The number of rotatable bonds is 12. The van der Waals surface area contributed by atoms with Gasteiger partial charge in [0.05, 0.1) is 18.6 Å². The number of Topliss-reactive ketones (excluding diaryl/α,β-unsaturated/α-hetero) is 1. The number of ketones is 1. The summed E-state index contributed by atoms with van der Waals surface area (Å²) in [4.78, 5) is 14.6. The Labute approximate surface area is 192 Å². The normalized spacial score (nSPS) is 11.9. The first-order valence-corrected chi connectivity index (χ1v) is 11.9. The smallest absolute Gasteiger partial charge is 0.243 e. The molecule has 0 radical (unpaired) electrons. The van der Waals surface area contributed by atoms with E-state index in [4.69, 9.17) is 9.47 Å². The summed E-state index contributed by atoms with van der Waals surface area (Å²) in [7, 11) is 3.41. The zero-order valence-electron chi connectivity index (χ0n) is 19.8. The molecule has 0 amide bonds. The van der Waals surface area contributed by atoms with Crippen LogP contribution in [-0.4, -0.2) is 71.4 Å². The molecular formula is C24H34N2O5S. The predicted octanol–water partition coefficient (Wildman–Crippen LogP) is 2.82. The van der Waals surface area contributed by atoms with Gasteiger partial charge in [-0.15, -0.1) is 0 Å². The molecule has 8 heteroatoms. The molecule has 176 valence electrons. The molecule has 0 spiro atoms. The van der Waals surface area contributed by atoms with E-state index in [-0.39, 0.29) is 30.4 Å². The Morgan fingerprint density at radius 3 is 2.06 bits per heavy atom. The zero-order valence-corrected chi connectivity index (χ0v) is 20.7. The van der Waals surface area contributed by atoms with Gasteiger partial charge in [0.15, 0.2) is 5.78 Å². The number of methoxy groups -OCH3 is 1. The van der Waals surface area contributed by atoms with E-state index in [9.17, 15) is 13.2 Å². The number of hydrogen-bond acceptors (Lipinski definition) is 6. The number of carbonyl (C=O) groups is 1. The summed E-state index contributed by atoms with van der Waals surface area (Å²) in [6, 6.07) is 11.4. The summed E-state index contributed by atoms with van der Waals surface area (Å²) in [5, 5.41) is 0. The first-order chi connectivity index (χ1) is 15.0. The predicted molar refractivity (Wildman–Crippen MR) is 126 cm³/mol. The second kappa shape index (κ2) is 11.6. The van der Waals surface area contributed by atoms with Gasteiger partial charge in [-0.3, -0.25) is 4.79 Å². The molecule has 2 aromatic rings. The van der Waals surface area contributed by atoms with Gasteiger partial charge in [0, 0.05) is 26.6 Å². The van der Waals surface area contributed by atoms with Crippen molar-refractivity contribution < 1.29 is 22.7 Å². The van der Waals surface area contributed by atoms with Crippen molar-refractivity contribution in [2.24, 2.45) is 0 Å². The van der Waals surface area contributed by atoms with Crippen molar-refractivity contribution in [2.75, 3.05) is 48.0 Å². The maximum atomic E-state index is 13.0. The van der Waals surface area contributed by atoms with Gasteiger partial charge < -0.3 is 14.4 Å². The van der Waals surface area contributed by atoms with Crippen LogP contribution in [0.4, 0.5) is 0 Å². The Morgan fingerprint density at radius 1 is 0.969 bits per heavy atom. The average molecular weight is 463 g/mol. The number of nitrogens with zero attached hydrogens (tertiary/aromatic N) is 2. The summed E-state index contributed by atoms with van der Waals surface area (Å²) < 4.78 is 37.9. The van der Waals surface area contributed by atoms with Crippen molar-refractivity contribution in [3.05, 3.63) is 58.7 Å². The van der Waals surface area contributed by atoms with Gasteiger partial charge in [-0.2, -0.15) is 4.31 Å². The van der Waals surface area contributed by atoms with Crippen LogP contribution in [0.5, 0.6) is 5.75 Å². The number of benzene rings is 2. The fourth-order valence-corrected chi connectivity index (χ4v) is 5.05. The van der Waals surface area contributed by atoms with Gasteiger partial charge in [-0.1, -0.05) is 24.3 Å². The maximum absolute atomic E-state index is 13.0. The highest BCUT2D eigenvalue weighted by Gasteiger charge is 2.25. The third-order valence-electron chi connectivity index (χ3n) is 5.07. The van der Waals surface area contributed by atoms with E-state index in [0.717, 1.165) is 12.1 Å². The molecule has 0 atom stereocenters. The number of likely N-dealkylation sites (N-methyl/N-ethyl adjacent to an activating group) is 1. The second-order valence-electron chi connectivity index (χ2n) is 8.24. The molecule has 0 heterocycles. The van der Waals surface area contributed by atoms with E-state index in [0.29, 0.717) is 23.3 Å². The Bertz CT molecular complexity index is 994. The molecule has 0 aliphatic heterocycles. The number of hydrogen-bond donors (Lipinski definition) is 0. The fourth-order valence-electron chi connectivity index (χ4n) is 3.50. The van der Waals surface area contributed by atoms with Gasteiger partial charge in [0.1, 0.15) is 12.4 Å². The molecule has 0 aliphatic carbocycles. The monoisotopic (exact) mass is 462 g/mol. The quantitative estimate of drug-likeness (QED) is 0.452. The number of sulfonamides is 1. The molecule has 0 N–H and O–H groups in total. The summed E-state index contributed by atoms with van der Waals surface area (Å²) in [5.74, 6) is 0.577. The van der Waals surface area contributed by atoms with Crippen LogP contribution in [0.1, 0.15) is 22.3 Å². The van der Waals surface area contributed by atoms with Crippen LogP contribution in [0.2, 0.25) is 0 Å². The van der Waals surface area contributed by atoms with Crippen LogP contribution < -0.4 is 4.74 Å². The van der Waals surface area contributed by atoms with Crippen LogP contribution in [-0.2, 0) is 32.5 Å². The summed E-state index contributed by atoms with van der Waals surface area (Å²) in [6.07, 6.45) is 0.292. The molecule has 0 saturated carbocycles.